The van der Waals surface area contributed by atoms with E-state index in [4.69, 9.17) is 11.6 Å². The third kappa shape index (κ3) is 2.70. The monoisotopic (exact) mass is 149 g/mol. The van der Waals surface area contributed by atoms with Gasteiger partial charge in [0.2, 0.25) is 0 Å². The summed E-state index contributed by atoms with van der Waals surface area (Å²) in [6, 6.07) is 0. The number of alkyl halides is 1. The molecule has 54 valence electrons. The van der Waals surface area contributed by atoms with E-state index < -0.39 is 11.9 Å². The first-order valence-electron chi connectivity index (χ1n) is 2.94. The highest BCUT2D eigenvalue weighted by Gasteiger charge is 2.12. The molecule has 0 aliphatic heterocycles. The molecule has 0 heterocycles. The van der Waals surface area contributed by atoms with Crippen LogP contribution in [0.15, 0.2) is 0 Å². The Morgan fingerprint density at radius 2 is 2.22 bits per heavy atom. The zero-order valence-corrected chi connectivity index (χ0v) is 6.31. The molecule has 0 amide bonds. The van der Waals surface area contributed by atoms with Crippen LogP contribution in [0.2, 0.25) is 0 Å². The van der Waals surface area contributed by atoms with Gasteiger partial charge in [0.15, 0.2) is 0 Å². The Hall–Kier alpha value is -0.240. The van der Waals surface area contributed by atoms with Crippen molar-refractivity contribution >= 4 is 17.6 Å². The molecule has 0 aliphatic carbocycles. The molecule has 9 heavy (non-hydrogen) atoms. The van der Waals surface area contributed by atoms with E-state index in [-0.39, 0.29) is 5.38 Å². The number of hydrogen-bond acceptors (Lipinski definition) is 2. The highest BCUT2D eigenvalue weighted by atomic mass is 35.5. The maximum absolute atomic E-state index is 10.2. The van der Waals surface area contributed by atoms with Gasteiger partial charge in [-0.05, 0) is 13.3 Å². The van der Waals surface area contributed by atoms with Crippen molar-refractivity contribution in [1.29, 1.82) is 0 Å². The molecular formula is C6H10ClO2-. The summed E-state index contributed by atoms with van der Waals surface area (Å²) in [6.07, 6.45) is 0.535. The van der Waals surface area contributed by atoms with Crippen LogP contribution in [0.25, 0.3) is 0 Å². The van der Waals surface area contributed by atoms with Crippen LogP contribution < -0.4 is 5.11 Å². The molecule has 0 rings (SSSR count). The Kier molecular flexibility index (Phi) is 3.62. The second-order valence-corrected chi connectivity index (χ2v) is 2.70. The highest BCUT2D eigenvalue weighted by molar-refractivity contribution is 6.21. The fourth-order valence-corrected chi connectivity index (χ4v) is 0.960. The van der Waals surface area contributed by atoms with Crippen molar-refractivity contribution < 1.29 is 9.90 Å². The number of halogens is 1. The largest absolute Gasteiger partial charge is 0.550 e. The van der Waals surface area contributed by atoms with E-state index in [0.29, 0.717) is 6.42 Å². The zero-order chi connectivity index (χ0) is 7.44. The lowest BCUT2D eigenvalue weighted by Crippen LogP contribution is -2.35. The Morgan fingerprint density at radius 1 is 1.78 bits per heavy atom. The molecule has 0 bridgehead atoms. The molecule has 2 nitrogen and oxygen atoms in total. The molecule has 0 spiro atoms. The van der Waals surface area contributed by atoms with Crippen molar-refractivity contribution in [3.8, 4) is 0 Å². The molecule has 0 aliphatic rings. The number of aliphatic carboxylic acids is 1. The predicted octanol–water partition coefficient (Wildman–Crippen LogP) is 0.390. The van der Waals surface area contributed by atoms with Gasteiger partial charge in [-0.2, -0.15) is 0 Å². The van der Waals surface area contributed by atoms with Crippen LogP contribution in [0.1, 0.15) is 20.3 Å². The average Bonchev–Trinajstić information content (AvgIpc) is 1.64. The van der Waals surface area contributed by atoms with Crippen molar-refractivity contribution in [2.24, 2.45) is 5.92 Å². The predicted molar refractivity (Wildman–Crippen MR) is 34.1 cm³/mol. The third-order valence-corrected chi connectivity index (χ3v) is 1.60. The van der Waals surface area contributed by atoms with Crippen LogP contribution in [-0.2, 0) is 4.79 Å². The third-order valence-electron chi connectivity index (χ3n) is 1.30. The maximum Gasteiger partial charge on any atom is 0.0459 e. The van der Waals surface area contributed by atoms with E-state index in [9.17, 15) is 9.90 Å². The fourth-order valence-electron chi connectivity index (χ4n) is 0.679. The molecular weight excluding hydrogens is 140 g/mol. The normalized spacial score (nSPS) is 16.8. The van der Waals surface area contributed by atoms with E-state index >= 15 is 0 Å². The fraction of sp³-hybridized carbons (Fsp3) is 0.833. The van der Waals surface area contributed by atoms with Gasteiger partial charge in [0.25, 0.3) is 0 Å². The van der Waals surface area contributed by atoms with E-state index in [0.717, 1.165) is 0 Å². The number of carboxylic acid groups (broad SMARTS) is 1. The van der Waals surface area contributed by atoms with E-state index in [1.807, 2.05) is 0 Å². The molecule has 0 saturated heterocycles. The van der Waals surface area contributed by atoms with Crippen LogP contribution in [0.5, 0.6) is 0 Å². The van der Waals surface area contributed by atoms with Gasteiger partial charge in [-0.3, -0.25) is 0 Å². The highest BCUT2D eigenvalue weighted by Crippen LogP contribution is 2.12. The summed E-state index contributed by atoms with van der Waals surface area (Å²) in [5.41, 5.74) is 0. The van der Waals surface area contributed by atoms with Crippen LogP contribution in [-0.4, -0.2) is 11.3 Å². The minimum atomic E-state index is -1.06. The standard InChI is InChI=1S/C6H11ClO2/c1-3-5(4(2)7)6(8)9/h4-5H,3H2,1-2H3,(H,8,9)/p-1. The zero-order valence-electron chi connectivity index (χ0n) is 5.56. The quantitative estimate of drug-likeness (QED) is 0.545. The number of carbonyl (C=O) groups excluding carboxylic acids is 1. The lowest BCUT2D eigenvalue weighted by atomic mass is 10.0. The summed E-state index contributed by atoms with van der Waals surface area (Å²) < 4.78 is 0. The molecule has 0 N–H and O–H groups in total. The molecule has 0 aromatic carbocycles. The maximum atomic E-state index is 10.2. The molecule has 0 aromatic heterocycles. The van der Waals surface area contributed by atoms with Crippen LogP contribution in [0.4, 0.5) is 0 Å². The van der Waals surface area contributed by atoms with Gasteiger partial charge in [0, 0.05) is 17.3 Å². The first-order valence-corrected chi connectivity index (χ1v) is 3.38. The van der Waals surface area contributed by atoms with Gasteiger partial charge >= 0.3 is 0 Å². The molecule has 0 saturated carbocycles. The Labute approximate surface area is 59.8 Å². The molecule has 0 aromatic rings. The van der Waals surface area contributed by atoms with Crippen molar-refractivity contribution in [1.82, 2.24) is 0 Å². The first-order chi connectivity index (χ1) is 4.09. The van der Waals surface area contributed by atoms with Crippen molar-refractivity contribution in [2.75, 3.05) is 0 Å². The van der Waals surface area contributed by atoms with Gasteiger partial charge in [-0.1, -0.05) is 6.92 Å². The first kappa shape index (κ1) is 8.76. The SMILES string of the molecule is CCC(C(=O)[O-])C(C)Cl. The summed E-state index contributed by atoms with van der Waals surface area (Å²) in [5, 5.41) is 9.84. The summed E-state index contributed by atoms with van der Waals surface area (Å²) in [7, 11) is 0. The average molecular weight is 150 g/mol. The van der Waals surface area contributed by atoms with Gasteiger partial charge in [0.1, 0.15) is 0 Å². The van der Waals surface area contributed by atoms with Gasteiger partial charge < -0.3 is 9.90 Å². The minimum absolute atomic E-state index is 0.333. The summed E-state index contributed by atoms with van der Waals surface area (Å²) in [6.45, 7) is 3.44. The molecule has 3 heteroatoms. The lowest BCUT2D eigenvalue weighted by molar-refractivity contribution is -0.311. The van der Waals surface area contributed by atoms with Gasteiger partial charge in [-0.15, -0.1) is 11.6 Å². The number of carbonyl (C=O) groups is 1. The molecule has 2 unspecified atom stereocenters. The number of hydrogen-bond donors (Lipinski definition) is 0. The van der Waals surface area contributed by atoms with Gasteiger partial charge in [-0.25, -0.2) is 0 Å². The van der Waals surface area contributed by atoms with E-state index in [1.165, 1.54) is 0 Å². The summed E-state index contributed by atoms with van der Waals surface area (Å²) >= 11 is 5.52. The smallest absolute Gasteiger partial charge is 0.0459 e. The van der Waals surface area contributed by atoms with Gasteiger partial charge in [0.05, 0.1) is 0 Å². The molecule has 0 fully saturated rings. The molecule has 2 atom stereocenters. The van der Waals surface area contributed by atoms with E-state index in [2.05, 4.69) is 0 Å². The van der Waals surface area contributed by atoms with E-state index in [1.54, 1.807) is 13.8 Å². The second kappa shape index (κ2) is 3.72. The lowest BCUT2D eigenvalue weighted by Gasteiger charge is -2.17. The number of rotatable bonds is 3. The second-order valence-electron chi connectivity index (χ2n) is 2.01. The van der Waals surface area contributed by atoms with Crippen molar-refractivity contribution in [3.63, 3.8) is 0 Å². The Morgan fingerprint density at radius 3 is 2.22 bits per heavy atom. The van der Waals surface area contributed by atoms with Crippen LogP contribution in [0, 0.1) is 5.92 Å². The minimum Gasteiger partial charge on any atom is -0.550 e. The number of carboxylic acids is 1. The van der Waals surface area contributed by atoms with Crippen LogP contribution >= 0.6 is 11.6 Å². The Balaban J connectivity index is 3.83. The topological polar surface area (TPSA) is 40.1 Å². The Bertz CT molecular complexity index is 101. The summed E-state index contributed by atoms with van der Waals surface area (Å²) in [4.78, 5) is 10.2. The molecule has 0 radical (unpaired) electrons. The van der Waals surface area contributed by atoms with Crippen LogP contribution in [0.3, 0.4) is 0 Å². The van der Waals surface area contributed by atoms with Crippen molar-refractivity contribution in [3.05, 3.63) is 0 Å². The summed E-state index contributed by atoms with van der Waals surface area (Å²) in [5.74, 6) is -1.56. The van der Waals surface area contributed by atoms with Crippen molar-refractivity contribution in [2.45, 2.75) is 25.6 Å².